The lowest BCUT2D eigenvalue weighted by Gasteiger charge is -2.09. The molecule has 3 nitrogen and oxygen atoms in total. The first-order valence-electron chi connectivity index (χ1n) is 6.32. The van der Waals surface area contributed by atoms with Gasteiger partial charge in [-0.15, -0.1) is 0 Å². The Labute approximate surface area is 126 Å². The van der Waals surface area contributed by atoms with E-state index < -0.39 is 0 Å². The molecular formula is C16H16BrNO2. The third-order valence-electron chi connectivity index (χ3n) is 3.18. The SMILES string of the molecule is Cc1c(O)cccc1C(=O)NCc1ccc(CBr)cc1. The Morgan fingerprint density at radius 1 is 1.15 bits per heavy atom. The van der Waals surface area contributed by atoms with Gasteiger partial charge in [-0.25, -0.2) is 0 Å². The molecule has 0 aromatic heterocycles. The molecule has 0 aliphatic heterocycles. The summed E-state index contributed by atoms with van der Waals surface area (Å²) in [5, 5.41) is 13.3. The van der Waals surface area contributed by atoms with Crippen LogP contribution in [0.3, 0.4) is 0 Å². The number of nitrogens with one attached hydrogen (secondary N) is 1. The quantitative estimate of drug-likeness (QED) is 0.841. The molecule has 0 unspecified atom stereocenters. The van der Waals surface area contributed by atoms with Crippen molar-refractivity contribution in [2.75, 3.05) is 0 Å². The highest BCUT2D eigenvalue weighted by Crippen LogP contribution is 2.19. The largest absolute Gasteiger partial charge is 0.508 e. The number of benzene rings is 2. The second kappa shape index (κ2) is 6.57. The minimum Gasteiger partial charge on any atom is -0.508 e. The van der Waals surface area contributed by atoms with Crippen molar-refractivity contribution < 1.29 is 9.90 Å². The molecule has 20 heavy (non-hydrogen) atoms. The summed E-state index contributed by atoms with van der Waals surface area (Å²) >= 11 is 3.40. The summed E-state index contributed by atoms with van der Waals surface area (Å²) in [6.07, 6.45) is 0. The van der Waals surface area contributed by atoms with Crippen LogP contribution >= 0.6 is 15.9 Å². The molecule has 0 atom stereocenters. The molecule has 0 spiro atoms. The summed E-state index contributed by atoms with van der Waals surface area (Å²) in [5.74, 6) is -0.0395. The van der Waals surface area contributed by atoms with Gasteiger partial charge in [-0.1, -0.05) is 46.3 Å². The number of aromatic hydroxyl groups is 1. The van der Waals surface area contributed by atoms with E-state index in [-0.39, 0.29) is 11.7 Å². The fraction of sp³-hybridized carbons (Fsp3) is 0.188. The number of halogens is 1. The lowest BCUT2D eigenvalue weighted by molar-refractivity contribution is 0.0950. The van der Waals surface area contributed by atoms with E-state index in [0.717, 1.165) is 10.9 Å². The zero-order chi connectivity index (χ0) is 14.5. The number of rotatable bonds is 4. The summed E-state index contributed by atoms with van der Waals surface area (Å²) in [6, 6.07) is 13.0. The van der Waals surface area contributed by atoms with Crippen molar-refractivity contribution >= 4 is 21.8 Å². The fourth-order valence-corrected chi connectivity index (χ4v) is 2.27. The van der Waals surface area contributed by atoms with Gasteiger partial charge in [0, 0.05) is 23.0 Å². The van der Waals surface area contributed by atoms with Crippen LogP contribution in [0.2, 0.25) is 0 Å². The minimum absolute atomic E-state index is 0.138. The Bertz CT molecular complexity index is 608. The molecule has 4 heteroatoms. The van der Waals surface area contributed by atoms with Gasteiger partial charge in [0.05, 0.1) is 0 Å². The van der Waals surface area contributed by atoms with E-state index in [1.807, 2.05) is 24.3 Å². The fourth-order valence-electron chi connectivity index (χ4n) is 1.89. The molecular weight excluding hydrogens is 318 g/mol. The smallest absolute Gasteiger partial charge is 0.251 e. The van der Waals surface area contributed by atoms with Gasteiger partial charge in [0.2, 0.25) is 0 Å². The maximum Gasteiger partial charge on any atom is 0.251 e. The Morgan fingerprint density at radius 2 is 1.80 bits per heavy atom. The van der Waals surface area contributed by atoms with Crippen molar-refractivity contribution in [1.29, 1.82) is 0 Å². The molecule has 104 valence electrons. The Kier molecular flexibility index (Phi) is 4.79. The van der Waals surface area contributed by atoms with Crippen LogP contribution in [0.25, 0.3) is 0 Å². The van der Waals surface area contributed by atoms with E-state index in [1.165, 1.54) is 5.56 Å². The molecule has 0 aliphatic rings. The molecule has 2 rings (SSSR count). The first kappa shape index (κ1) is 14.6. The Morgan fingerprint density at radius 3 is 2.45 bits per heavy atom. The van der Waals surface area contributed by atoms with E-state index in [2.05, 4.69) is 21.2 Å². The van der Waals surface area contributed by atoms with Gasteiger partial charge in [-0.3, -0.25) is 4.79 Å². The van der Waals surface area contributed by atoms with Crippen molar-refractivity contribution in [2.45, 2.75) is 18.8 Å². The van der Waals surface area contributed by atoms with Gasteiger partial charge >= 0.3 is 0 Å². The van der Waals surface area contributed by atoms with Crippen LogP contribution in [0.1, 0.15) is 27.0 Å². The van der Waals surface area contributed by atoms with Crippen molar-refractivity contribution in [3.05, 3.63) is 64.7 Å². The summed E-state index contributed by atoms with van der Waals surface area (Å²) in [6.45, 7) is 2.20. The highest BCUT2D eigenvalue weighted by Gasteiger charge is 2.10. The topological polar surface area (TPSA) is 49.3 Å². The predicted molar refractivity (Wildman–Crippen MR) is 83.1 cm³/mol. The number of hydrogen-bond donors (Lipinski definition) is 2. The van der Waals surface area contributed by atoms with Gasteiger partial charge in [0.1, 0.15) is 5.75 Å². The molecule has 0 heterocycles. The standard InChI is InChI=1S/C16H16BrNO2/c1-11-14(3-2-4-15(11)19)16(20)18-10-13-7-5-12(9-17)6-8-13/h2-8,19H,9-10H2,1H3,(H,18,20). The predicted octanol–water partition coefficient (Wildman–Crippen LogP) is 3.53. The molecule has 2 N–H and O–H groups in total. The molecule has 2 aromatic carbocycles. The number of carbonyl (C=O) groups is 1. The molecule has 2 aromatic rings. The van der Waals surface area contributed by atoms with Gasteiger partial charge < -0.3 is 10.4 Å². The van der Waals surface area contributed by atoms with Gasteiger partial charge in [0.15, 0.2) is 0 Å². The second-order valence-electron chi connectivity index (χ2n) is 4.58. The monoisotopic (exact) mass is 333 g/mol. The molecule has 0 aliphatic carbocycles. The van der Waals surface area contributed by atoms with Crippen LogP contribution in [0.15, 0.2) is 42.5 Å². The Hall–Kier alpha value is -1.81. The molecule has 0 bridgehead atoms. The molecule has 1 amide bonds. The van der Waals surface area contributed by atoms with E-state index in [0.29, 0.717) is 17.7 Å². The lowest BCUT2D eigenvalue weighted by atomic mass is 10.1. The van der Waals surface area contributed by atoms with Crippen LogP contribution in [-0.4, -0.2) is 11.0 Å². The third kappa shape index (κ3) is 3.39. The van der Waals surface area contributed by atoms with E-state index >= 15 is 0 Å². The zero-order valence-electron chi connectivity index (χ0n) is 11.2. The van der Waals surface area contributed by atoms with Crippen LogP contribution in [0.5, 0.6) is 5.75 Å². The van der Waals surface area contributed by atoms with Crippen LogP contribution in [0.4, 0.5) is 0 Å². The van der Waals surface area contributed by atoms with E-state index in [1.54, 1.807) is 25.1 Å². The third-order valence-corrected chi connectivity index (χ3v) is 3.83. The number of hydrogen-bond acceptors (Lipinski definition) is 2. The first-order chi connectivity index (χ1) is 9.61. The Balaban J connectivity index is 2.02. The maximum atomic E-state index is 12.1. The highest BCUT2D eigenvalue weighted by atomic mass is 79.9. The van der Waals surface area contributed by atoms with Gasteiger partial charge in [-0.2, -0.15) is 0 Å². The lowest BCUT2D eigenvalue weighted by Crippen LogP contribution is -2.23. The highest BCUT2D eigenvalue weighted by molar-refractivity contribution is 9.08. The van der Waals surface area contributed by atoms with Gasteiger partial charge in [-0.05, 0) is 30.2 Å². The summed E-state index contributed by atoms with van der Waals surface area (Å²) in [4.78, 5) is 12.1. The van der Waals surface area contributed by atoms with Gasteiger partial charge in [0.25, 0.3) is 5.91 Å². The number of phenolic OH excluding ortho intramolecular Hbond substituents is 1. The second-order valence-corrected chi connectivity index (χ2v) is 5.14. The normalized spacial score (nSPS) is 10.3. The minimum atomic E-state index is -0.178. The number of carbonyl (C=O) groups excluding carboxylic acids is 1. The summed E-state index contributed by atoms with van der Waals surface area (Å²) < 4.78 is 0. The van der Waals surface area contributed by atoms with Crippen LogP contribution in [-0.2, 0) is 11.9 Å². The first-order valence-corrected chi connectivity index (χ1v) is 7.44. The maximum absolute atomic E-state index is 12.1. The zero-order valence-corrected chi connectivity index (χ0v) is 12.8. The average Bonchev–Trinajstić information content (AvgIpc) is 2.48. The molecule has 0 saturated carbocycles. The van der Waals surface area contributed by atoms with Crippen LogP contribution in [0, 0.1) is 6.92 Å². The van der Waals surface area contributed by atoms with E-state index in [9.17, 15) is 9.90 Å². The van der Waals surface area contributed by atoms with Crippen LogP contribution < -0.4 is 5.32 Å². The number of phenols is 1. The summed E-state index contributed by atoms with van der Waals surface area (Å²) in [7, 11) is 0. The molecule has 0 radical (unpaired) electrons. The molecule has 0 saturated heterocycles. The molecule has 0 fully saturated rings. The average molecular weight is 334 g/mol. The van der Waals surface area contributed by atoms with Crippen molar-refractivity contribution in [3.63, 3.8) is 0 Å². The van der Waals surface area contributed by atoms with Crippen molar-refractivity contribution in [2.24, 2.45) is 0 Å². The van der Waals surface area contributed by atoms with Crippen molar-refractivity contribution in [3.8, 4) is 5.75 Å². The van der Waals surface area contributed by atoms with Crippen molar-refractivity contribution in [1.82, 2.24) is 5.32 Å². The number of amides is 1. The summed E-state index contributed by atoms with van der Waals surface area (Å²) in [5.41, 5.74) is 3.34. The number of alkyl halides is 1. The van der Waals surface area contributed by atoms with E-state index in [4.69, 9.17) is 0 Å².